The van der Waals surface area contributed by atoms with Gasteiger partial charge in [0.25, 0.3) is 5.56 Å². The second-order valence-corrected chi connectivity index (χ2v) is 4.45. The van der Waals surface area contributed by atoms with Crippen LogP contribution >= 0.6 is 11.6 Å². The van der Waals surface area contributed by atoms with Crippen LogP contribution in [0.5, 0.6) is 0 Å². The summed E-state index contributed by atoms with van der Waals surface area (Å²) in [6.07, 6.45) is 0. The monoisotopic (exact) mass is 231 g/mol. The molecule has 0 radical (unpaired) electrons. The normalized spacial score (nSPS) is 11.5. The summed E-state index contributed by atoms with van der Waals surface area (Å²) in [4.78, 5) is 21.1. The maximum absolute atomic E-state index is 11.1. The van der Waals surface area contributed by atoms with Crippen molar-refractivity contribution in [3.05, 3.63) is 31.2 Å². The molecule has 1 heterocycles. The number of nitro groups is 1. The van der Waals surface area contributed by atoms with E-state index in [0.29, 0.717) is 0 Å². The molecule has 1 aromatic heterocycles. The van der Waals surface area contributed by atoms with Crippen LogP contribution in [0.4, 0.5) is 5.69 Å². The summed E-state index contributed by atoms with van der Waals surface area (Å²) in [7, 11) is 0. The van der Waals surface area contributed by atoms with Crippen molar-refractivity contribution in [2.45, 2.75) is 26.2 Å². The summed E-state index contributed by atoms with van der Waals surface area (Å²) in [6.45, 7) is 5.24. The van der Waals surface area contributed by atoms with E-state index in [4.69, 9.17) is 11.6 Å². The molecule has 7 heteroatoms. The molecule has 0 saturated carbocycles. The van der Waals surface area contributed by atoms with Gasteiger partial charge in [-0.25, -0.2) is 5.10 Å². The molecule has 1 N–H and O–H groups in total. The second-order valence-electron chi connectivity index (χ2n) is 4.07. The van der Waals surface area contributed by atoms with E-state index < -0.39 is 26.6 Å². The van der Waals surface area contributed by atoms with E-state index in [9.17, 15) is 14.9 Å². The Morgan fingerprint density at radius 1 is 1.47 bits per heavy atom. The van der Waals surface area contributed by atoms with Crippen LogP contribution in [-0.4, -0.2) is 15.1 Å². The third kappa shape index (κ3) is 2.15. The first-order valence-corrected chi connectivity index (χ1v) is 4.56. The van der Waals surface area contributed by atoms with Gasteiger partial charge < -0.3 is 0 Å². The molecule has 0 aromatic carbocycles. The highest BCUT2D eigenvalue weighted by Crippen LogP contribution is 2.31. The largest absolute Gasteiger partial charge is 0.317 e. The van der Waals surface area contributed by atoms with E-state index in [-0.39, 0.29) is 5.69 Å². The topological polar surface area (TPSA) is 88.9 Å². The summed E-state index contributed by atoms with van der Waals surface area (Å²) in [6, 6.07) is 0. The van der Waals surface area contributed by atoms with Crippen molar-refractivity contribution in [2.24, 2.45) is 0 Å². The zero-order chi connectivity index (χ0) is 11.8. The summed E-state index contributed by atoms with van der Waals surface area (Å²) in [5, 5.41) is 16.1. The molecule has 0 unspecified atom stereocenters. The van der Waals surface area contributed by atoms with E-state index >= 15 is 0 Å². The highest BCUT2D eigenvalue weighted by Gasteiger charge is 2.31. The van der Waals surface area contributed by atoms with Crippen molar-refractivity contribution >= 4 is 17.3 Å². The Morgan fingerprint density at radius 2 is 2.00 bits per heavy atom. The Bertz CT molecular complexity index is 461. The van der Waals surface area contributed by atoms with E-state index in [1.54, 1.807) is 20.8 Å². The predicted molar refractivity (Wildman–Crippen MR) is 55.2 cm³/mol. The maximum Gasteiger partial charge on any atom is 0.317 e. The smallest absolute Gasteiger partial charge is 0.266 e. The zero-order valence-electron chi connectivity index (χ0n) is 8.50. The van der Waals surface area contributed by atoms with Crippen molar-refractivity contribution in [3.8, 4) is 0 Å². The Hall–Kier alpha value is -1.43. The predicted octanol–water partition coefficient (Wildman–Crippen LogP) is 1.63. The molecule has 6 nitrogen and oxygen atoms in total. The third-order valence-electron chi connectivity index (χ3n) is 1.79. The van der Waals surface area contributed by atoms with Gasteiger partial charge in [0.15, 0.2) is 5.02 Å². The van der Waals surface area contributed by atoms with Crippen LogP contribution in [0.2, 0.25) is 5.02 Å². The van der Waals surface area contributed by atoms with Crippen LogP contribution in [0.3, 0.4) is 0 Å². The lowest BCUT2D eigenvalue weighted by Crippen LogP contribution is -2.22. The Balaban J connectivity index is 3.62. The highest BCUT2D eigenvalue weighted by atomic mass is 35.5. The van der Waals surface area contributed by atoms with Gasteiger partial charge in [-0.15, -0.1) is 0 Å². The van der Waals surface area contributed by atoms with Gasteiger partial charge in [0, 0.05) is 5.41 Å². The molecule has 15 heavy (non-hydrogen) atoms. The second kappa shape index (κ2) is 3.62. The molecule has 0 bridgehead atoms. The molecule has 0 saturated heterocycles. The van der Waals surface area contributed by atoms with Gasteiger partial charge in [-0.05, 0) is 0 Å². The minimum atomic E-state index is -0.753. The summed E-state index contributed by atoms with van der Waals surface area (Å²) in [5.41, 5.74) is -1.57. The van der Waals surface area contributed by atoms with E-state index in [1.807, 2.05) is 0 Å². The molecule has 0 aliphatic heterocycles. The van der Waals surface area contributed by atoms with E-state index in [1.165, 1.54) is 0 Å². The molecule has 1 aromatic rings. The number of nitrogens with zero attached hydrogens (tertiary/aromatic N) is 2. The number of aromatic nitrogens is 2. The Labute approximate surface area is 90.4 Å². The molecule has 0 spiro atoms. The van der Waals surface area contributed by atoms with Gasteiger partial charge in [-0.1, -0.05) is 32.4 Å². The maximum atomic E-state index is 11.1. The summed E-state index contributed by atoms with van der Waals surface area (Å²) in [5.74, 6) is 0. The van der Waals surface area contributed by atoms with Crippen molar-refractivity contribution in [2.75, 3.05) is 0 Å². The Kier molecular flexibility index (Phi) is 2.81. The van der Waals surface area contributed by atoms with Gasteiger partial charge >= 0.3 is 5.69 Å². The van der Waals surface area contributed by atoms with Crippen LogP contribution in [0.25, 0.3) is 0 Å². The minimum absolute atomic E-state index is 0.164. The molecular weight excluding hydrogens is 222 g/mol. The average Bonchev–Trinajstić information content (AvgIpc) is 2.06. The third-order valence-corrected chi connectivity index (χ3v) is 2.14. The average molecular weight is 232 g/mol. The molecule has 0 atom stereocenters. The van der Waals surface area contributed by atoms with Crippen molar-refractivity contribution in [3.63, 3.8) is 0 Å². The molecule has 82 valence electrons. The van der Waals surface area contributed by atoms with Crippen molar-refractivity contribution in [1.82, 2.24) is 10.2 Å². The van der Waals surface area contributed by atoms with E-state index in [0.717, 1.165) is 0 Å². The van der Waals surface area contributed by atoms with Gasteiger partial charge in [0.05, 0.1) is 4.92 Å². The number of hydrogen-bond donors (Lipinski definition) is 1. The standard InChI is InChI=1S/C8H10ClN3O3/c1-8(2,3)6-5(12(14)15)4(9)7(13)11-10-6/h1-3H3,(H,11,13). The fourth-order valence-corrected chi connectivity index (χ4v) is 1.31. The lowest BCUT2D eigenvalue weighted by molar-refractivity contribution is -0.386. The minimum Gasteiger partial charge on any atom is -0.266 e. The van der Waals surface area contributed by atoms with Crippen LogP contribution in [-0.2, 0) is 5.41 Å². The SMILES string of the molecule is CC(C)(C)c1n[nH]c(=O)c(Cl)c1[N+](=O)[O-]. The van der Waals surface area contributed by atoms with Crippen molar-refractivity contribution < 1.29 is 4.92 Å². The lowest BCUT2D eigenvalue weighted by atomic mass is 9.91. The highest BCUT2D eigenvalue weighted by molar-refractivity contribution is 6.32. The Morgan fingerprint density at radius 3 is 2.40 bits per heavy atom. The molecule has 1 rings (SSSR count). The van der Waals surface area contributed by atoms with Crippen molar-refractivity contribution in [1.29, 1.82) is 0 Å². The molecule has 0 fully saturated rings. The zero-order valence-corrected chi connectivity index (χ0v) is 9.25. The number of H-pyrrole nitrogens is 1. The molecule has 0 aliphatic rings. The molecule has 0 aliphatic carbocycles. The van der Waals surface area contributed by atoms with Crippen LogP contribution in [0.15, 0.2) is 4.79 Å². The van der Waals surface area contributed by atoms with Crippen LogP contribution < -0.4 is 5.56 Å². The van der Waals surface area contributed by atoms with Gasteiger partial charge in [0.2, 0.25) is 0 Å². The number of rotatable bonds is 1. The van der Waals surface area contributed by atoms with Crippen LogP contribution in [0, 0.1) is 10.1 Å². The molecular formula is C8H10ClN3O3. The lowest BCUT2D eigenvalue weighted by Gasteiger charge is -2.16. The number of nitrogens with one attached hydrogen (secondary N) is 1. The first-order valence-electron chi connectivity index (χ1n) is 4.18. The van der Waals surface area contributed by atoms with Gasteiger partial charge in [0.1, 0.15) is 5.69 Å². The van der Waals surface area contributed by atoms with E-state index in [2.05, 4.69) is 10.2 Å². The summed E-state index contributed by atoms with van der Waals surface area (Å²) < 4.78 is 0. The van der Waals surface area contributed by atoms with Gasteiger partial charge in [-0.3, -0.25) is 14.9 Å². The quantitative estimate of drug-likeness (QED) is 0.588. The fourth-order valence-electron chi connectivity index (χ4n) is 1.11. The number of hydrogen-bond acceptors (Lipinski definition) is 4. The number of halogens is 1. The van der Waals surface area contributed by atoms with Crippen LogP contribution in [0.1, 0.15) is 26.5 Å². The first kappa shape index (κ1) is 11.6. The van der Waals surface area contributed by atoms with Gasteiger partial charge in [-0.2, -0.15) is 5.10 Å². The fraction of sp³-hybridized carbons (Fsp3) is 0.500. The summed E-state index contributed by atoms with van der Waals surface area (Å²) >= 11 is 5.57. The first-order chi connectivity index (χ1) is 6.75. The number of aromatic amines is 1. The molecule has 0 amide bonds.